The number of carbonyl (C=O) groups is 1. The highest BCUT2D eigenvalue weighted by Crippen LogP contribution is 2.17. The van der Waals surface area contributed by atoms with Gasteiger partial charge in [-0.05, 0) is 31.9 Å². The largest absolute Gasteiger partial charge is 0.324 e. The lowest BCUT2D eigenvalue weighted by molar-refractivity contribution is 0.217. The predicted octanol–water partition coefficient (Wildman–Crippen LogP) is 2.65. The molecule has 0 N–H and O–H groups in total. The van der Waals surface area contributed by atoms with Crippen LogP contribution in [0.25, 0.3) is 0 Å². The number of urea groups is 1. The molecule has 16 heavy (non-hydrogen) atoms. The number of amides is 2. The maximum Gasteiger partial charge on any atom is 0.324 e. The molecule has 0 aromatic heterocycles. The highest BCUT2D eigenvalue weighted by atomic mass is 16.2. The van der Waals surface area contributed by atoms with Gasteiger partial charge in [0.1, 0.15) is 0 Å². The first-order valence-electron chi connectivity index (χ1n) is 5.78. The van der Waals surface area contributed by atoms with Crippen LogP contribution in [0.4, 0.5) is 10.5 Å². The molecular weight excluding hydrogens is 200 g/mol. The van der Waals surface area contributed by atoms with E-state index in [1.807, 2.05) is 43.1 Å². The van der Waals surface area contributed by atoms with Crippen molar-refractivity contribution in [1.29, 1.82) is 0 Å². The summed E-state index contributed by atoms with van der Waals surface area (Å²) in [7, 11) is 1.84. The van der Waals surface area contributed by atoms with Gasteiger partial charge >= 0.3 is 6.03 Å². The number of aryl methyl sites for hydroxylation is 1. The van der Waals surface area contributed by atoms with Crippen LogP contribution in [0.5, 0.6) is 0 Å². The summed E-state index contributed by atoms with van der Waals surface area (Å²) in [5.74, 6) is 0. The minimum Gasteiger partial charge on any atom is -0.324 e. The third kappa shape index (κ3) is 2.18. The molecule has 1 saturated heterocycles. The molecule has 0 radical (unpaired) electrons. The van der Waals surface area contributed by atoms with Crippen molar-refractivity contribution in [3.63, 3.8) is 0 Å². The lowest BCUT2D eigenvalue weighted by atomic mass is 10.2. The maximum absolute atomic E-state index is 12.1. The van der Waals surface area contributed by atoms with E-state index in [1.54, 1.807) is 4.90 Å². The fourth-order valence-electron chi connectivity index (χ4n) is 2.00. The Hall–Kier alpha value is -1.51. The van der Waals surface area contributed by atoms with Crippen LogP contribution < -0.4 is 4.90 Å². The summed E-state index contributed by atoms with van der Waals surface area (Å²) < 4.78 is 0. The highest BCUT2D eigenvalue weighted by Gasteiger charge is 2.21. The van der Waals surface area contributed by atoms with Crippen molar-refractivity contribution in [1.82, 2.24) is 4.90 Å². The second-order valence-electron chi connectivity index (χ2n) is 4.37. The first-order valence-corrected chi connectivity index (χ1v) is 5.78. The van der Waals surface area contributed by atoms with E-state index >= 15 is 0 Å². The minimum atomic E-state index is 0.112. The SMILES string of the molecule is Cc1ccc(N(C)C(=O)N2CCCC2)cc1. The average Bonchev–Trinajstić information content (AvgIpc) is 2.81. The van der Waals surface area contributed by atoms with Crippen molar-refractivity contribution in [2.24, 2.45) is 0 Å². The van der Waals surface area contributed by atoms with Gasteiger partial charge in [0.25, 0.3) is 0 Å². The number of carbonyl (C=O) groups excluding carboxylic acids is 1. The average molecular weight is 218 g/mol. The number of hydrogen-bond donors (Lipinski definition) is 0. The Labute approximate surface area is 96.7 Å². The first kappa shape index (κ1) is 11.0. The predicted molar refractivity (Wildman–Crippen MR) is 65.8 cm³/mol. The fraction of sp³-hybridized carbons (Fsp3) is 0.462. The summed E-state index contributed by atoms with van der Waals surface area (Å²) in [6.45, 7) is 3.84. The molecular formula is C13H18N2O. The third-order valence-electron chi connectivity index (χ3n) is 3.08. The highest BCUT2D eigenvalue weighted by molar-refractivity contribution is 5.91. The molecule has 0 unspecified atom stereocenters. The zero-order chi connectivity index (χ0) is 11.5. The molecule has 0 saturated carbocycles. The van der Waals surface area contributed by atoms with E-state index in [1.165, 1.54) is 5.56 Å². The molecule has 3 nitrogen and oxygen atoms in total. The van der Waals surface area contributed by atoms with E-state index in [4.69, 9.17) is 0 Å². The molecule has 1 aromatic carbocycles. The Kier molecular flexibility index (Phi) is 3.13. The monoisotopic (exact) mass is 218 g/mol. The van der Waals surface area contributed by atoms with Gasteiger partial charge < -0.3 is 4.90 Å². The van der Waals surface area contributed by atoms with Gasteiger partial charge in [-0.2, -0.15) is 0 Å². The van der Waals surface area contributed by atoms with Crippen molar-refractivity contribution in [2.45, 2.75) is 19.8 Å². The van der Waals surface area contributed by atoms with Crippen LogP contribution >= 0.6 is 0 Å². The summed E-state index contributed by atoms with van der Waals surface area (Å²) in [6.07, 6.45) is 2.26. The quantitative estimate of drug-likeness (QED) is 0.710. The zero-order valence-corrected chi connectivity index (χ0v) is 9.94. The first-order chi connectivity index (χ1) is 7.68. The van der Waals surface area contributed by atoms with E-state index in [-0.39, 0.29) is 6.03 Å². The summed E-state index contributed by atoms with van der Waals surface area (Å²) in [6, 6.07) is 8.15. The van der Waals surface area contributed by atoms with Gasteiger partial charge in [0.15, 0.2) is 0 Å². The second kappa shape index (κ2) is 4.56. The molecule has 2 rings (SSSR count). The number of hydrogen-bond acceptors (Lipinski definition) is 1. The van der Waals surface area contributed by atoms with Gasteiger partial charge in [-0.15, -0.1) is 0 Å². The summed E-state index contributed by atoms with van der Waals surface area (Å²) in [5.41, 5.74) is 2.17. The van der Waals surface area contributed by atoms with Gasteiger partial charge in [0.05, 0.1) is 0 Å². The molecule has 3 heteroatoms. The normalized spacial score (nSPS) is 15.2. The molecule has 1 aliphatic heterocycles. The van der Waals surface area contributed by atoms with E-state index in [0.29, 0.717) is 0 Å². The van der Waals surface area contributed by atoms with Crippen LogP contribution in [-0.2, 0) is 0 Å². The molecule has 0 spiro atoms. The van der Waals surface area contributed by atoms with Gasteiger partial charge in [-0.1, -0.05) is 17.7 Å². The van der Waals surface area contributed by atoms with E-state index in [0.717, 1.165) is 31.6 Å². The van der Waals surface area contributed by atoms with Crippen molar-refractivity contribution < 1.29 is 4.79 Å². The summed E-state index contributed by atoms with van der Waals surface area (Å²) in [5, 5.41) is 0. The van der Waals surface area contributed by atoms with Crippen LogP contribution in [0.1, 0.15) is 18.4 Å². The van der Waals surface area contributed by atoms with Gasteiger partial charge in [0.2, 0.25) is 0 Å². The smallest absolute Gasteiger partial charge is 0.324 e. The number of benzene rings is 1. The van der Waals surface area contributed by atoms with Crippen molar-refractivity contribution in [2.75, 3.05) is 25.0 Å². The van der Waals surface area contributed by atoms with E-state index in [9.17, 15) is 4.79 Å². The fourth-order valence-corrected chi connectivity index (χ4v) is 2.00. The molecule has 0 bridgehead atoms. The van der Waals surface area contributed by atoms with Gasteiger partial charge in [0, 0.05) is 25.8 Å². The van der Waals surface area contributed by atoms with Crippen molar-refractivity contribution in [3.8, 4) is 0 Å². The Morgan fingerprint density at radius 1 is 1.19 bits per heavy atom. The molecule has 0 atom stereocenters. The molecule has 2 amide bonds. The Morgan fingerprint density at radius 3 is 2.31 bits per heavy atom. The molecule has 1 aromatic rings. The third-order valence-corrected chi connectivity index (χ3v) is 3.08. The molecule has 1 fully saturated rings. The van der Waals surface area contributed by atoms with E-state index < -0.39 is 0 Å². The van der Waals surface area contributed by atoms with Gasteiger partial charge in [-0.3, -0.25) is 4.90 Å². The Bertz CT molecular complexity index is 366. The number of anilines is 1. The van der Waals surface area contributed by atoms with Crippen LogP contribution in [0.15, 0.2) is 24.3 Å². The minimum absolute atomic E-state index is 0.112. The van der Waals surface area contributed by atoms with Crippen LogP contribution in [0.3, 0.4) is 0 Å². The Balaban J connectivity index is 2.08. The maximum atomic E-state index is 12.1. The zero-order valence-electron chi connectivity index (χ0n) is 9.94. The Morgan fingerprint density at radius 2 is 1.75 bits per heavy atom. The van der Waals surface area contributed by atoms with Gasteiger partial charge in [-0.25, -0.2) is 4.79 Å². The standard InChI is InChI=1S/C13H18N2O/c1-11-5-7-12(8-6-11)14(2)13(16)15-9-3-4-10-15/h5-8H,3-4,9-10H2,1-2H3. The number of rotatable bonds is 1. The molecule has 0 aliphatic carbocycles. The topological polar surface area (TPSA) is 23.6 Å². The number of nitrogens with zero attached hydrogens (tertiary/aromatic N) is 2. The summed E-state index contributed by atoms with van der Waals surface area (Å²) >= 11 is 0. The van der Waals surface area contributed by atoms with Crippen molar-refractivity contribution >= 4 is 11.7 Å². The molecule has 1 heterocycles. The van der Waals surface area contributed by atoms with Crippen LogP contribution in [0.2, 0.25) is 0 Å². The van der Waals surface area contributed by atoms with Crippen LogP contribution in [0, 0.1) is 6.92 Å². The van der Waals surface area contributed by atoms with E-state index in [2.05, 4.69) is 0 Å². The molecule has 1 aliphatic rings. The lowest BCUT2D eigenvalue weighted by Crippen LogP contribution is -2.39. The molecule has 86 valence electrons. The lowest BCUT2D eigenvalue weighted by Gasteiger charge is -2.24. The number of likely N-dealkylation sites (tertiary alicyclic amines) is 1. The van der Waals surface area contributed by atoms with Crippen molar-refractivity contribution in [3.05, 3.63) is 29.8 Å². The second-order valence-corrected chi connectivity index (χ2v) is 4.37. The summed E-state index contributed by atoms with van der Waals surface area (Å²) in [4.78, 5) is 15.7. The van der Waals surface area contributed by atoms with Crippen LogP contribution in [-0.4, -0.2) is 31.1 Å².